The van der Waals surface area contributed by atoms with Crippen LogP contribution in [-0.4, -0.2) is 31.8 Å². The van der Waals surface area contributed by atoms with Crippen molar-refractivity contribution < 1.29 is 19.0 Å². The summed E-state index contributed by atoms with van der Waals surface area (Å²) in [6.45, 7) is 6.80. The number of fused-ring (bicyclic) bond motifs is 6. The van der Waals surface area contributed by atoms with Crippen molar-refractivity contribution in [3.8, 4) is 22.6 Å². The molecule has 196 valence electrons. The number of carbonyl (C=O) groups excluding carboxylic acids is 1. The third-order valence-corrected chi connectivity index (χ3v) is 8.32. The van der Waals surface area contributed by atoms with Gasteiger partial charge in [0.2, 0.25) is 0 Å². The molecular formula is C34H31NO4. The predicted molar refractivity (Wildman–Crippen MR) is 152 cm³/mol. The normalized spacial score (nSPS) is 20.7. The van der Waals surface area contributed by atoms with E-state index in [4.69, 9.17) is 14.2 Å². The van der Waals surface area contributed by atoms with Crippen LogP contribution in [0.5, 0.6) is 11.5 Å². The van der Waals surface area contributed by atoms with Gasteiger partial charge in [-0.15, -0.1) is 0 Å². The Morgan fingerprint density at radius 2 is 1.67 bits per heavy atom. The fourth-order valence-corrected chi connectivity index (χ4v) is 6.38. The van der Waals surface area contributed by atoms with E-state index in [9.17, 15) is 4.79 Å². The Morgan fingerprint density at radius 3 is 2.46 bits per heavy atom. The number of rotatable bonds is 5. The van der Waals surface area contributed by atoms with Crippen LogP contribution in [0.15, 0.2) is 84.9 Å². The van der Waals surface area contributed by atoms with Crippen LogP contribution in [0.25, 0.3) is 11.1 Å². The molecule has 0 saturated carbocycles. The summed E-state index contributed by atoms with van der Waals surface area (Å²) in [6.07, 6.45) is 2.45. The van der Waals surface area contributed by atoms with E-state index in [1.807, 2.05) is 42.5 Å². The van der Waals surface area contributed by atoms with Crippen LogP contribution in [0.3, 0.4) is 0 Å². The summed E-state index contributed by atoms with van der Waals surface area (Å²) < 4.78 is 19.0. The van der Waals surface area contributed by atoms with Crippen LogP contribution < -0.4 is 9.64 Å². The quantitative estimate of drug-likeness (QED) is 0.261. The van der Waals surface area contributed by atoms with Crippen molar-refractivity contribution in [2.45, 2.75) is 38.4 Å². The highest BCUT2D eigenvalue weighted by Crippen LogP contribution is 2.57. The molecule has 2 unspecified atom stereocenters. The van der Waals surface area contributed by atoms with Crippen LogP contribution in [0.1, 0.15) is 52.4 Å². The molecule has 4 aromatic rings. The van der Waals surface area contributed by atoms with Gasteiger partial charge in [-0.05, 0) is 73.7 Å². The number of benzene rings is 4. The first-order chi connectivity index (χ1) is 19.1. The van der Waals surface area contributed by atoms with Gasteiger partial charge in [0, 0.05) is 48.1 Å². The summed E-state index contributed by atoms with van der Waals surface area (Å²) in [5, 5.41) is 0. The van der Waals surface area contributed by atoms with Gasteiger partial charge in [0.05, 0.1) is 11.7 Å². The van der Waals surface area contributed by atoms with E-state index in [-0.39, 0.29) is 12.1 Å². The topological polar surface area (TPSA) is 48.0 Å². The highest BCUT2D eigenvalue weighted by molar-refractivity contribution is 5.97. The average molecular weight is 518 g/mol. The summed E-state index contributed by atoms with van der Waals surface area (Å²) in [4.78, 5) is 15.6. The molecule has 0 aliphatic carbocycles. The van der Waals surface area contributed by atoms with E-state index < -0.39 is 5.60 Å². The molecule has 3 aliphatic heterocycles. The second-order valence-corrected chi connectivity index (χ2v) is 10.6. The highest BCUT2D eigenvalue weighted by Gasteiger charge is 2.53. The second kappa shape index (κ2) is 9.28. The van der Waals surface area contributed by atoms with Crippen molar-refractivity contribution in [2.75, 3.05) is 24.6 Å². The monoisotopic (exact) mass is 517 g/mol. The fraction of sp³-hybridized carbons (Fsp3) is 0.265. The van der Waals surface area contributed by atoms with Gasteiger partial charge in [0.1, 0.15) is 11.5 Å². The number of hydrogen-bond donors (Lipinski definition) is 0. The fourth-order valence-electron chi connectivity index (χ4n) is 6.38. The van der Waals surface area contributed by atoms with E-state index in [0.29, 0.717) is 17.1 Å². The lowest BCUT2D eigenvalue weighted by Gasteiger charge is -2.38. The standard InChI is InChI=1S/C34H31NO4/c1-3-35(21-25-12-9-17-37-25)24-15-16-29-32(19-24)38-31-18-22(2)27(23-10-5-4-6-11-23)20-30(31)34(29)28-14-8-7-13-26(28)33(36)39-34/h4-8,10-11,13-16,18-20,25H,3,9,12,17,21H2,1-2H3. The van der Waals surface area contributed by atoms with Gasteiger partial charge in [0.15, 0.2) is 5.60 Å². The molecule has 0 N–H and O–H groups in total. The van der Waals surface area contributed by atoms with Gasteiger partial charge in [-0.1, -0.05) is 48.5 Å². The van der Waals surface area contributed by atoms with Crippen LogP contribution in [0, 0.1) is 6.92 Å². The maximum absolute atomic E-state index is 13.3. The van der Waals surface area contributed by atoms with Crippen LogP contribution in [-0.2, 0) is 15.1 Å². The molecule has 2 atom stereocenters. The van der Waals surface area contributed by atoms with Crippen LogP contribution in [0.2, 0.25) is 0 Å². The van der Waals surface area contributed by atoms with Crippen LogP contribution >= 0.6 is 0 Å². The smallest absolute Gasteiger partial charge is 0.340 e. The zero-order valence-electron chi connectivity index (χ0n) is 22.3. The summed E-state index contributed by atoms with van der Waals surface area (Å²) in [5.74, 6) is 1.11. The maximum Gasteiger partial charge on any atom is 0.340 e. The molecule has 4 aromatic carbocycles. The summed E-state index contributed by atoms with van der Waals surface area (Å²) >= 11 is 0. The van der Waals surface area contributed by atoms with Crippen molar-refractivity contribution in [3.63, 3.8) is 0 Å². The number of carbonyl (C=O) groups is 1. The molecule has 1 fully saturated rings. The van der Waals surface area contributed by atoms with Crippen molar-refractivity contribution in [2.24, 2.45) is 0 Å². The average Bonchev–Trinajstić information content (AvgIpc) is 3.58. The van der Waals surface area contributed by atoms with Crippen molar-refractivity contribution in [1.82, 2.24) is 0 Å². The number of nitrogens with zero attached hydrogens (tertiary/aromatic N) is 1. The minimum Gasteiger partial charge on any atom is -0.456 e. The lowest BCUT2D eigenvalue weighted by molar-refractivity contribution is 0.0224. The number of hydrogen-bond acceptors (Lipinski definition) is 5. The molecule has 1 saturated heterocycles. The second-order valence-electron chi connectivity index (χ2n) is 10.6. The maximum atomic E-state index is 13.3. The van der Waals surface area contributed by atoms with Crippen LogP contribution in [0.4, 0.5) is 5.69 Å². The van der Waals surface area contributed by atoms with Gasteiger partial charge in [-0.25, -0.2) is 4.79 Å². The predicted octanol–water partition coefficient (Wildman–Crippen LogP) is 7.24. The molecule has 0 amide bonds. The highest BCUT2D eigenvalue weighted by atomic mass is 16.6. The minimum absolute atomic E-state index is 0.246. The zero-order valence-corrected chi connectivity index (χ0v) is 22.3. The Morgan fingerprint density at radius 1 is 0.872 bits per heavy atom. The van der Waals surface area contributed by atoms with Gasteiger partial charge >= 0.3 is 5.97 Å². The number of esters is 1. The lowest BCUT2D eigenvalue weighted by Crippen LogP contribution is -2.34. The van der Waals surface area contributed by atoms with Gasteiger partial charge in [-0.3, -0.25) is 0 Å². The summed E-state index contributed by atoms with van der Waals surface area (Å²) in [7, 11) is 0. The molecule has 7 rings (SSSR count). The molecule has 1 spiro atoms. The number of anilines is 1. The first-order valence-electron chi connectivity index (χ1n) is 13.8. The summed E-state index contributed by atoms with van der Waals surface area (Å²) in [5.41, 5.74) is 6.41. The number of aryl methyl sites for hydroxylation is 1. The third kappa shape index (κ3) is 3.75. The van der Waals surface area contributed by atoms with E-state index in [1.54, 1.807) is 0 Å². The molecule has 0 radical (unpaired) electrons. The molecule has 3 aliphatic rings. The van der Waals surface area contributed by atoms with Gasteiger partial charge in [0.25, 0.3) is 0 Å². The Labute approximate surface area is 228 Å². The molecule has 0 aromatic heterocycles. The molecule has 3 heterocycles. The van der Waals surface area contributed by atoms with E-state index in [2.05, 4.69) is 61.2 Å². The first kappa shape index (κ1) is 24.0. The van der Waals surface area contributed by atoms with E-state index in [1.165, 1.54) is 0 Å². The van der Waals surface area contributed by atoms with Gasteiger partial charge < -0.3 is 19.1 Å². The minimum atomic E-state index is -1.09. The summed E-state index contributed by atoms with van der Waals surface area (Å²) in [6, 6.07) is 28.5. The molecular weight excluding hydrogens is 486 g/mol. The largest absolute Gasteiger partial charge is 0.456 e. The SMILES string of the molecule is CCN(CC1CCCO1)c1ccc2c(c1)Oc1cc(C)c(-c3ccccc3)cc1C21OC(=O)c2ccccc21. The molecule has 5 nitrogen and oxygen atoms in total. The Kier molecular flexibility index (Phi) is 5.71. The molecule has 39 heavy (non-hydrogen) atoms. The lowest BCUT2D eigenvalue weighted by atomic mass is 9.76. The molecule has 0 bridgehead atoms. The van der Waals surface area contributed by atoms with E-state index >= 15 is 0 Å². The molecule has 5 heteroatoms. The Bertz CT molecular complexity index is 1570. The Balaban J connectivity index is 1.41. The van der Waals surface area contributed by atoms with Crippen molar-refractivity contribution in [1.29, 1.82) is 0 Å². The Hall–Kier alpha value is -4.09. The number of likely N-dealkylation sites (N-methyl/N-ethyl adjacent to an activating group) is 1. The zero-order chi connectivity index (χ0) is 26.6. The number of ether oxygens (including phenoxy) is 3. The van der Waals surface area contributed by atoms with E-state index in [0.717, 1.165) is 71.6 Å². The van der Waals surface area contributed by atoms with Crippen molar-refractivity contribution >= 4 is 11.7 Å². The third-order valence-electron chi connectivity index (χ3n) is 8.32. The first-order valence-corrected chi connectivity index (χ1v) is 13.8. The van der Waals surface area contributed by atoms with Crippen molar-refractivity contribution in [3.05, 3.63) is 113 Å². The van der Waals surface area contributed by atoms with Gasteiger partial charge in [-0.2, -0.15) is 0 Å².